The van der Waals surface area contributed by atoms with Crippen LogP contribution in [0.25, 0.3) is 0 Å². The van der Waals surface area contributed by atoms with Gasteiger partial charge in [0, 0.05) is 0 Å². The van der Waals surface area contributed by atoms with Gasteiger partial charge in [-0.05, 0) is 19.4 Å². The molecule has 0 heterocycles. The second-order valence-corrected chi connectivity index (χ2v) is 4.63. The van der Waals surface area contributed by atoms with E-state index in [0.29, 0.717) is 0 Å². The van der Waals surface area contributed by atoms with Gasteiger partial charge in [-0.2, -0.15) is 0 Å². The molecule has 0 unspecified atom stereocenters. The Balaban J connectivity index is 2.59. The first-order valence-electron chi connectivity index (χ1n) is 4.60. The van der Waals surface area contributed by atoms with Crippen LogP contribution in [0.5, 0.6) is 0 Å². The molecule has 1 N–H and O–H groups in total. The molecule has 0 aliphatic heterocycles. The Bertz CT molecular complexity index is 297. The lowest BCUT2D eigenvalue weighted by Gasteiger charge is -2.15. The summed E-state index contributed by atoms with van der Waals surface area (Å²) >= 11 is 3.23. The maximum absolute atomic E-state index is 11.4. The highest BCUT2D eigenvalue weighted by molar-refractivity contribution is 9.10. The minimum atomic E-state index is -0.145. The van der Waals surface area contributed by atoms with Gasteiger partial charge >= 0.3 is 0 Å². The first-order chi connectivity index (χ1) is 6.61. The van der Waals surface area contributed by atoms with E-state index in [4.69, 9.17) is 0 Å². The third-order valence-electron chi connectivity index (χ3n) is 2.02. The van der Waals surface area contributed by atoms with E-state index in [1.54, 1.807) is 0 Å². The fourth-order valence-corrected chi connectivity index (χ4v) is 1.29. The third-order valence-corrected chi connectivity index (χ3v) is 2.44. The molecule has 2 atom stereocenters. The van der Waals surface area contributed by atoms with Crippen molar-refractivity contribution in [2.45, 2.75) is 24.7 Å². The van der Waals surface area contributed by atoms with E-state index >= 15 is 0 Å². The molecule has 14 heavy (non-hydrogen) atoms. The summed E-state index contributed by atoms with van der Waals surface area (Å²) in [6.07, 6.45) is 0. The second-order valence-electron chi connectivity index (χ2n) is 3.26. The van der Waals surface area contributed by atoms with Crippen LogP contribution in [-0.2, 0) is 4.79 Å². The van der Waals surface area contributed by atoms with Gasteiger partial charge in [0.1, 0.15) is 0 Å². The molecule has 0 aromatic heterocycles. The minimum absolute atomic E-state index is 0.0151. The summed E-state index contributed by atoms with van der Waals surface area (Å²) in [7, 11) is 0. The van der Waals surface area contributed by atoms with Gasteiger partial charge in [-0.1, -0.05) is 46.3 Å². The Kier molecular flexibility index (Phi) is 4.14. The molecule has 76 valence electrons. The van der Waals surface area contributed by atoms with Crippen molar-refractivity contribution < 1.29 is 4.79 Å². The zero-order valence-corrected chi connectivity index (χ0v) is 9.91. The molecule has 0 radical (unpaired) electrons. The number of hydrogen-bond acceptors (Lipinski definition) is 1. The summed E-state index contributed by atoms with van der Waals surface area (Å²) in [5.41, 5.74) is 1.12. The minimum Gasteiger partial charge on any atom is -0.349 e. The second kappa shape index (κ2) is 5.15. The molecule has 1 rings (SSSR count). The van der Waals surface area contributed by atoms with Crippen molar-refractivity contribution in [3.05, 3.63) is 35.9 Å². The lowest BCUT2D eigenvalue weighted by atomic mass is 10.1. The quantitative estimate of drug-likeness (QED) is 0.827. The van der Waals surface area contributed by atoms with Crippen molar-refractivity contribution in [3.8, 4) is 0 Å². The molecule has 0 bridgehead atoms. The number of alkyl halides is 1. The van der Waals surface area contributed by atoms with Gasteiger partial charge in [0.2, 0.25) is 5.91 Å². The van der Waals surface area contributed by atoms with E-state index < -0.39 is 0 Å². The monoisotopic (exact) mass is 255 g/mol. The molecule has 0 saturated carbocycles. The number of carbonyl (C=O) groups is 1. The predicted octanol–water partition coefficient (Wildman–Crippen LogP) is 2.65. The number of hydrogen-bond donors (Lipinski definition) is 1. The molecule has 1 amide bonds. The number of carbonyl (C=O) groups excluding carboxylic acids is 1. The number of rotatable bonds is 3. The molecule has 3 heteroatoms. The Morgan fingerprint density at radius 1 is 1.29 bits per heavy atom. The summed E-state index contributed by atoms with van der Waals surface area (Å²) in [5.74, 6) is 0.0151. The fourth-order valence-electron chi connectivity index (χ4n) is 1.15. The SMILES string of the molecule is C[C@H](Br)C(=O)N[C@H](C)c1ccccc1. The number of halogens is 1. The summed E-state index contributed by atoms with van der Waals surface area (Å²) in [5, 5.41) is 2.91. The van der Waals surface area contributed by atoms with Crippen LogP contribution >= 0.6 is 15.9 Å². The van der Waals surface area contributed by atoms with E-state index in [0.717, 1.165) is 5.56 Å². The van der Waals surface area contributed by atoms with Gasteiger partial charge in [0.25, 0.3) is 0 Å². The van der Waals surface area contributed by atoms with Crippen LogP contribution in [0, 0.1) is 0 Å². The maximum Gasteiger partial charge on any atom is 0.233 e. The van der Waals surface area contributed by atoms with Crippen molar-refractivity contribution in [1.82, 2.24) is 5.32 Å². The largest absolute Gasteiger partial charge is 0.349 e. The van der Waals surface area contributed by atoms with Crippen molar-refractivity contribution in [2.75, 3.05) is 0 Å². The van der Waals surface area contributed by atoms with Crippen molar-refractivity contribution in [1.29, 1.82) is 0 Å². The van der Waals surface area contributed by atoms with Crippen molar-refractivity contribution >= 4 is 21.8 Å². The number of benzene rings is 1. The topological polar surface area (TPSA) is 29.1 Å². The van der Waals surface area contributed by atoms with Crippen LogP contribution in [0.2, 0.25) is 0 Å². The zero-order chi connectivity index (χ0) is 10.6. The van der Waals surface area contributed by atoms with Crippen LogP contribution in [0.3, 0.4) is 0 Å². The average molecular weight is 256 g/mol. The highest BCUT2D eigenvalue weighted by atomic mass is 79.9. The van der Waals surface area contributed by atoms with Crippen LogP contribution in [0.1, 0.15) is 25.5 Å². The van der Waals surface area contributed by atoms with E-state index in [1.165, 1.54) is 0 Å². The Morgan fingerprint density at radius 2 is 1.86 bits per heavy atom. The maximum atomic E-state index is 11.4. The fraction of sp³-hybridized carbons (Fsp3) is 0.364. The molecule has 0 saturated heterocycles. The van der Waals surface area contributed by atoms with Crippen molar-refractivity contribution in [2.24, 2.45) is 0 Å². The van der Waals surface area contributed by atoms with Gasteiger partial charge in [-0.3, -0.25) is 4.79 Å². The lowest BCUT2D eigenvalue weighted by molar-refractivity contribution is -0.120. The Morgan fingerprint density at radius 3 is 2.36 bits per heavy atom. The zero-order valence-electron chi connectivity index (χ0n) is 8.33. The smallest absolute Gasteiger partial charge is 0.233 e. The van der Waals surface area contributed by atoms with E-state index in [2.05, 4.69) is 21.2 Å². The summed E-state index contributed by atoms with van der Waals surface area (Å²) in [6.45, 7) is 3.79. The predicted molar refractivity (Wildman–Crippen MR) is 61.4 cm³/mol. The molecule has 2 nitrogen and oxygen atoms in total. The molecule has 0 aliphatic rings. The van der Waals surface area contributed by atoms with Gasteiger partial charge in [0.15, 0.2) is 0 Å². The van der Waals surface area contributed by atoms with E-state index in [-0.39, 0.29) is 16.8 Å². The molecule has 1 aromatic carbocycles. The molecular formula is C11H14BrNO. The van der Waals surface area contributed by atoms with Crippen molar-refractivity contribution in [3.63, 3.8) is 0 Å². The number of amides is 1. The Labute approximate surface area is 92.8 Å². The normalized spacial score (nSPS) is 14.5. The highest BCUT2D eigenvalue weighted by Crippen LogP contribution is 2.11. The first kappa shape index (κ1) is 11.2. The molecule has 1 aromatic rings. The first-order valence-corrected chi connectivity index (χ1v) is 5.52. The van der Waals surface area contributed by atoms with Crippen LogP contribution in [0.4, 0.5) is 0 Å². The molecule has 0 fully saturated rings. The molecule has 0 spiro atoms. The summed E-state index contributed by atoms with van der Waals surface area (Å²) in [4.78, 5) is 11.2. The number of nitrogens with one attached hydrogen (secondary N) is 1. The van der Waals surface area contributed by atoms with Crippen LogP contribution in [-0.4, -0.2) is 10.7 Å². The van der Waals surface area contributed by atoms with Crippen LogP contribution in [0.15, 0.2) is 30.3 Å². The summed E-state index contributed by atoms with van der Waals surface area (Å²) in [6, 6.07) is 9.97. The van der Waals surface area contributed by atoms with Gasteiger partial charge in [-0.25, -0.2) is 0 Å². The van der Waals surface area contributed by atoms with E-state index in [1.807, 2.05) is 44.2 Å². The lowest BCUT2D eigenvalue weighted by Crippen LogP contribution is -2.31. The highest BCUT2D eigenvalue weighted by Gasteiger charge is 2.12. The van der Waals surface area contributed by atoms with Gasteiger partial charge < -0.3 is 5.32 Å². The Hall–Kier alpha value is -0.830. The third kappa shape index (κ3) is 3.14. The summed E-state index contributed by atoms with van der Waals surface area (Å²) < 4.78 is 0. The van der Waals surface area contributed by atoms with Gasteiger partial charge in [-0.15, -0.1) is 0 Å². The molecular weight excluding hydrogens is 242 g/mol. The standard InChI is InChI=1S/C11H14BrNO/c1-8(12)11(14)13-9(2)10-6-4-3-5-7-10/h3-9H,1-2H3,(H,13,14)/t8-,9+/m0/s1. The molecule has 0 aliphatic carbocycles. The van der Waals surface area contributed by atoms with E-state index in [9.17, 15) is 4.79 Å². The van der Waals surface area contributed by atoms with Gasteiger partial charge in [0.05, 0.1) is 10.9 Å². The van der Waals surface area contributed by atoms with Crippen LogP contribution < -0.4 is 5.32 Å². The average Bonchev–Trinajstić information content (AvgIpc) is 2.19.